The highest BCUT2D eigenvalue weighted by Crippen LogP contribution is 2.42. The molecule has 2 rings (SSSR count). The number of hydrogen-bond donors (Lipinski definition) is 2. The maximum atomic E-state index is 6.05. The van der Waals surface area contributed by atoms with E-state index < -0.39 is 0 Å². The van der Waals surface area contributed by atoms with E-state index in [0.717, 1.165) is 43.5 Å². The van der Waals surface area contributed by atoms with Gasteiger partial charge in [-0.1, -0.05) is 27.2 Å². The Balaban J connectivity index is 1.96. The summed E-state index contributed by atoms with van der Waals surface area (Å²) in [7, 11) is 3.65. The number of unbranched alkanes of at least 4 members (excludes halogenated alkanes) is 1. The highest BCUT2D eigenvalue weighted by molar-refractivity contribution is 5.80. The largest absolute Gasteiger partial charge is 0.383 e. The normalized spacial score (nSPS) is 21.8. The van der Waals surface area contributed by atoms with Crippen LogP contribution in [0.15, 0.2) is 4.99 Å². The van der Waals surface area contributed by atoms with Crippen LogP contribution in [0.5, 0.6) is 0 Å². The van der Waals surface area contributed by atoms with Crippen molar-refractivity contribution in [2.24, 2.45) is 17.5 Å². The zero-order valence-electron chi connectivity index (χ0n) is 17.7. The third-order valence-corrected chi connectivity index (χ3v) is 5.47. The Morgan fingerprint density at radius 1 is 1.33 bits per heavy atom. The minimum absolute atomic E-state index is 0.0683. The molecule has 0 amide bonds. The molecular formula is C19H36N6O2. The summed E-state index contributed by atoms with van der Waals surface area (Å²) >= 11 is 0. The fourth-order valence-corrected chi connectivity index (χ4v) is 3.11. The minimum Gasteiger partial charge on any atom is -0.383 e. The van der Waals surface area contributed by atoms with E-state index in [1.807, 2.05) is 18.5 Å². The van der Waals surface area contributed by atoms with Crippen molar-refractivity contribution < 1.29 is 9.47 Å². The van der Waals surface area contributed by atoms with Gasteiger partial charge in [-0.15, -0.1) is 10.2 Å². The highest BCUT2D eigenvalue weighted by atomic mass is 16.5. The number of aromatic nitrogens is 3. The summed E-state index contributed by atoms with van der Waals surface area (Å²) in [5.41, 5.74) is 0.0683. The van der Waals surface area contributed by atoms with Crippen molar-refractivity contribution in [2.75, 3.05) is 26.9 Å². The Morgan fingerprint density at radius 3 is 2.70 bits per heavy atom. The predicted octanol–water partition coefficient (Wildman–Crippen LogP) is 1.79. The highest BCUT2D eigenvalue weighted by Gasteiger charge is 2.49. The molecule has 1 aliphatic carbocycles. The molecule has 27 heavy (non-hydrogen) atoms. The molecule has 0 bridgehead atoms. The van der Waals surface area contributed by atoms with Crippen LogP contribution in [0.1, 0.15) is 51.7 Å². The average Bonchev–Trinajstić information content (AvgIpc) is 2.96. The molecule has 8 heteroatoms. The topological polar surface area (TPSA) is 85.6 Å². The first-order chi connectivity index (χ1) is 12.9. The van der Waals surface area contributed by atoms with Crippen LogP contribution in [0.25, 0.3) is 0 Å². The third-order valence-electron chi connectivity index (χ3n) is 5.47. The van der Waals surface area contributed by atoms with E-state index >= 15 is 0 Å². The van der Waals surface area contributed by atoms with Crippen LogP contribution in [0.4, 0.5) is 0 Å². The fraction of sp³-hybridized carbons (Fsp3) is 0.842. The molecule has 1 aromatic rings. The van der Waals surface area contributed by atoms with E-state index in [2.05, 4.69) is 41.6 Å². The molecule has 0 saturated heterocycles. The van der Waals surface area contributed by atoms with Crippen LogP contribution in [-0.2, 0) is 23.1 Å². The van der Waals surface area contributed by atoms with Gasteiger partial charge in [-0.05, 0) is 19.8 Å². The molecule has 154 valence electrons. The minimum atomic E-state index is 0.0683. The van der Waals surface area contributed by atoms with Gasteiger partial charge < -0.3 is 24.7 Å². The van der Waals surface area contributed by atoms with Gasteiger partial charge in [0.2, 0.25) is 0 Å². The van der Waals surface area contributed by atoms with Crippen LogP contribution in [-0.4, -0.2) is 59.7 Å². The van der Waals surface area contributed by atoms with Crippen molar-refractivity contribution >= 4 is 5.96 Å². The standard InChI is InChI=1S/C19H36N6O2/c1-7-8-10-27-16-12-15(19(16,3)4)22-18(20-9-11-26-6)21-13-17-24-23-14(2)25(17)5/h15-16H,7-13H2,1-6H3,(H2,20,21,22). The van der Waals surface area contributed by atoms with Crippen LogP contribution < -0.4 is 10.6 Å². The van der Waals surface area contributed by atoms with Gasteiger partial charge in [-0.2, -0.15) is 0 Å². The van der Waals surface area contributed by atoms with E-state index in [4.69, 9.17) is 14.5 Å². The Morgan fingerprint density at radius 2 is 2.11 bits per heavy atom. The molecule has 0 spiro atoms. The number of guanidine groups is 1. The van der Waals surface area contributed by atoms with Crippen molar-refractivity contribution in [1.82, 2.24) is 25.4 Å². The lowest BCUT2D eigenvalue weighted by atomic mass is 9.64. The van der Waals surface area contributed by atoms with Crippen LogP contribution in [0, 0.1) is 12.3 Å². The van der Waals surface area contributed by atoms with Crippen LogP contribution in [0.2, 0.25) is 0 Å². The molecule has 1 fully saturated rings. The van der Waals surface area contributed by atoms with Gasteiger partial charge in [0.25, 0.3) is 0 Å². The first-order valence-electron chi connectivity index (χ1n) is 9.90. The monoisotopic (exact) mass is 380 g/mol. The zero-order chi connectivity index (χ0) is 19.9. The van der Waals surface area contributed by atoms with Crippen molar-refractivity contribution in [3.05, 3.63) is 11.6 Å². The Hall–Kier alpha value is -1.67. The molecule has 0 aliphatic heterocycles. The molecule has 0 radical (unpaired) electrons. The van der Waals surface area contributed by atoms with Gasteiger partial charge >= 0.3 is 0 Å². The lowest BCUT2D eigenvalue weighted by Gasteiger charge is -2.52. The first-order valence-corrected chi connectivity index (χ1v) is 9.90. The molecule has 1 aliphatic rings. The van der Waals surface area contributed by atoms with Crippen molar-refractivity contribution in [1.29, 1.82) is 0 Å². The van der Waals surface area contributed by atoms with Crippen LogP contribution >= 0.6 is 0 Å². The second-order valence-electron chi connectivity index (χ2n) is 7.77. The summed E-state index contributed by atoms with van der Waals surface area (Å²) in [6.45, 7) is 11.3. The van der Waals surface area contributed by atoms with Gasteiger partial charge in [-0.3, -0.25) is 0 Å². The number of aryl methyl sites for hydroxylation is 1. The lowest BCUT2D eigenvalue weighted by Crippen LogP contribution is -2.63. The van der Waals surface area contributed by atoms with Gasteiger partial charge in [0, 0.05) is 38.8 Å². The number of nitrogens with zero attached hydrogens (tertiary/aromatic N) is 4. The Bertz CT molecular complexity index is 613. The van der Waals surface area contributed by atoms with Crippen molar-refractivity contribution in [3.63, 3.8) is 0 Å². The lowest BCUT2D eigenvalue weighted by molar-refractivity contribution is -0.113. The Kier molecular flexibility index (Phi) is 8.04. The second kappa shape index (κ2) is 10.0. The fourth-order valence-electron chi connectivity index (χ4n) is 3.11. The average molecular weight is 381 g/mol. The van der Waals surface area contributed by atoms with Crippen molar-refractivity contribution in [3.8, 4) is 0 Å². The molecule has 8 nitrogen and oxygen atoms in total. The zero-order valence-corrected chi connectivity index (χ0v) is 17.7. The predicted molar refractivity (Wildman–Crippen MR) is 107 cm³/mol. The summed E-state index contributed by atoms with van der Waals surface area (Å²) in [5, 5.41) is 15.2. The van der Waals surface area contributed by atoms with Gasteiger partial charge in [0.1, 0.15) is 12.4 Å². The molecule has 2 N–H and O–H groups in total. The second-order valence-corrected chi connectivity index (χ2v) is 7.77. The van der Waals surface area contributed by atoms with E-state index in [0.29, 0.717) is 31.8 Å². The summed E-state index contributed by atoms with van der Waals surface area (Å²) in [5.74, 6) is 2.50. The summed E-state index contributed by atoms with van der Waals surface area (Å²) in [6, 6.07) is 0.319. The SMILES string of the molecule is CCCCOC1CC(NC(=NCc2nnc(C)n2C)NCCOC)C1(C)C. The number of methoxy groups -OCH3 is 1. The smallest absolute Gasteiger partial charge is 0.192 e. The van der Waals surface area contributed by atoms with E-state index in [1.165, 1.54) is 0 Å². The maximum absolute atomic E-state index is 6.05. The number of aliphatic imine (C=N–C) groups is 1. The number of rotatable bonds is 10. The number of nitrogens with one attached hydrogen (secondary N) is 2. The summed E-state index contributed by atoms with van der Waals surface area (Å²) in [4.78, 5) is 4.70. The first kappa shape index (κ1) is 21.6. The van der Waals surface area contributed by atoms with Crippen molar-refractivity contribution in [2.45, 2.75) is 65.6 Å². The molecule has 1 heterocycles. The van der Waals surface area contributed by atoms with E-state index in [1.54, 1.807) is 7.11 Å². The summed E-state index contributed by atoms with van der Waals surface area (Å²) in [6.07, 6.45) is 3.57. The number of ether oxygens (including phenoxy) is 2. The van der Waals surface area contributed by atoms with E-state index in [-0.39, 0.29) is 5.41 Å². The van der Waals surface area contributed by atoms with Crippen LogP contribution in [0.3, 0.4) is 0 Å². The Labute approximate surface area is 163 Å². The number of hydrogen-bond acceptors (Lipinski definition) is 5. The van der Waals surface area contributed by atoms with Gasteiger partial charge in [-0.25, -0.2) is 4.99 Å². The molecule has 1 aromatic heterocycles. The van der Waals surface area contributed by atoms with Gasteiger partial charge in [0.05, 0.1) is 12.7 Å². The molecule has 1 saturated carbocycles. The molecule has 0 aromatic carbocycles. The van der Waals surface area contributed by atoms with Gasteiger partial charge in [0.15, 0.2) is 11.8 Å². The summed E-state index contributed by atoms with van der Waals surface area (Å²) < 4.78 is 13.2. The quantitative estimate of drug-likeness (QED) is 0.366. The maximum Gasteiger partial charge on any atom is 0.192 e. The molecule has 2 unspecified atom stereocenters. The van der Waals surface area contributed by atoms with E-state index in [9.17, 15) is 0 Å². The molecule has 2 atom stereocenters. The third kappa shape index (κ3) is 5.65. The molecular weight excluding hydrogens is 344 g/mol.